The van der Waals surface area contributed by atoms with Crippen molar-refractivity contribution in [3.8, 4) is 0 Å². The van der Waals surface area contributed by atoms with Gasteiger partial charge in [0, 0.05) is 25.0 Å². The minimum absolute atomic E-state index is 0.779. The van der Waals surface area contributed by atoms with E-state index in [-0.39, 0.29) is 0 Å². The third-order valence-corrected chi connectivity index (χ3v) is 3.18. The molecular formula is C9H13N5S. The monoisotopic (exact) mass is 223 g/mol. The van der Waals surface area contributed by atoms with Crippen LogP contribution in [0.5, 0.6) is 0 Å². The van der Waals surface area contributed by atoms with Crippen molar-refractivity contribution in [1.82, 2.24) is 25.3 Å². The first kappa shape index (κ1) is 10.3. The van der Waals surface area contributed by atoms with Gasteiger partial charge in [-0.25, -0.2) is 4.98 Å². The fourth-order valence-corrected chi connectivity index (χ4v) is 2.02. The molecule has 2 rings (SSSR count). The largest absolute Gasteiger partial charge is 0.306 e. The summed E-state index contributed by atoms with van der Waals surface area (Å²) in [5, 5.41) is 11.0. The van der Waals surface area contributed by atoms with Crippen LogP contribution in [0, 0.1) is 6.92 Å². The van der Waals surface area contributed by atoms with Gasteiger partial charge >= 0.3 is 0 Å². The summed E-state index contributed by atoms with van der Waals surface area (Å²) in [5.41, 5.74) is 4.06. The predicted octanol–water partition coefficient (Wildman–Crippen LogP) is 0.870. The molecule has 0 saturated heterocycles. The second-order valence-corrected chi connectivity index (χ2v) is 4.25. The van der Waals surface area contributed by atoms with Crippen molar-refractivity contribution in [3.05, 3.63) is 28.0 Å². The second-order valence-electron chi connectivity index (χ2n) is 3.31. The fraction of sp³-hybridized carbons (Fsp3) is 0.444. The molecule has 1 N–H and O–H groups in total. The first-order chi connectivity index (χ1) is 7.27. The molecule has 0 atom stereocenters. The molecule has 2 aromatic rings. The molecule has 2 aromatic heterocycles. The predicted molar refractivity (Wildman–Crippen MR) is 58.4 cm³/mol. The van der Waals surface area contributed by atoms with Crippen LogP contribution in [0.15, 0.2) is 11.7 Å². The Kier molecular flexibility index (Phi) is 3.08. The minimum atomic E-state index is 0.779. The highest BCUT2D eigenvalue weighted by atomic mass is 32.1. The molecule has 0 saturated carbocycles. The number of aromatic nitrogens is 4. The zero-order valence-corrected chi connectivity index (χ0v) is 9.58. The summed E-state index contributed by atoms with van der Waals surface area (Å²) in [6.07, 6.45) is 1.77. The Balaban J connectivity index is 1.86. The number of nitrogens with one attached hydrogen (secondary N) is 1. The zero-order valence-electron chi connectivity index (χ0n) is 8.77. The van der Waals surface area contributed by atoms with E-state index in [0.717, 1.165) is 24.5 Å². The lowest BCUT2D eigenvalue weighted by atomic mass is 10.4. The second kappa shape index (κ2) is 4.50. The molecule has 6 heteroatoms. The van der Waals surface area contributed by atoms with Crippen LogP contribution in [0.4, 0.5) is 0 Å². The van der Waals surface area contributed by atoms with Crippen molar-refractivity contribution in [2.24, 2.45) is 7.05 Å². The molecule has 0 radical (unpaired) electrons. The maximum atomic E-state index is 4.20. The van der Waals surface area contributed by atoms with Crippen molar-refractivity contribution in [1.29, 1.82) is 0 Å². The maximum Gasteiger partial charge on any atom is 0.0798 e. The number of rotatable bonds is 4. The minimum Gasteiger partial charge on any atom is -0.306 e. The molecule has 0 unspecified atom stereocenters. The molecule has 0 amide bonds. The van der Waals surface area contributed by atoms with Crippen molar-refractivity contribution in [3.63, 3.8) is 0 Å². The molecule has 0 fully saturated rings. The standard InChI is InChI=1S/C9H13N5S/c1-7-9(15-6-11-7)5-10-3-8-4-12-13-14(8)2/h4,6,10H,3,5H2,1-2H3. The highest BCUT2D eigenvalue weighted by Crippen LogP contribution is 2.11. The van der Waals surface area contributed by atoms with Crippen molar-refractivity contribution in [2.45, 2.75) is 20.0 Å². The van der Waals surface area contributed by atoms with Crippen molar-refractivity contribution in [2.75, 3.05) is 0 Å². The van der Waals surface area contributed by atoms with Gasteiger partial charge in [0.05, 0.1) is 23.1 Å². The number of hydrogen-bond acceptors (Lipinski definition) is 5. The van der Waals surface area contributed by atoms with Gasteiger partial charge in [0.15, 0.2) is 0 Å². The fourth-order valence-electron chi connectivity index (χ4n) is 1.27. The molecule has 5 nitrogen and oxygen atoms in total. The van der Waals surface area contributed by atoms with Crippen LogP contribution in [0.3, 0.4) is 0 Å². The topological polar surface area (TPSA) is 55.6 Å². The van der Waals surface area contributed by atoms with Gasteiger partial charge < -0.3 is 5.32 Å². The van der Waals surface area contributed by atoms with E-state index in [0.29, 0.717) is 0 Å². The summed E-state index contributed by atoms with van der Waals surface area (Å²) in [6, 6.07) is 0. The van der Waals surface area contributed by atoms with E-state index in [1.54, 1.807) is 22.2 Å². The van der Waals surface area contributed by atoms with E-state index in [1.165, 1.54) is 4.88 Å². The Morgan fingerprint density at radius 1 is 1.47 bits per heavy atom. The van der Waals surface area contributed by atoms with E-state index < -0.39 is 0 Å². The lowest BCUT2D eigenvalue weighted by molar-refractivity contribution is 0.618. The van der Waals surface area contributed by atoms with Gasteiger partial charge in [0.2, 0.25) is 0 Å². The van der Waals surface area contributed by atoms with Gasteiger partial charge in [-0.15, -0.1) is 16.4 Å². The van der Waals surface area contributed by atoms with Crippen LogP contribution in [0.1, 0.15) is 16.3 Å². The highest BCUT2D eigenvalue weighted by Gasteiger charge is 2.02. The molecule has 0 spiro atoms. The molecule has 80 valence electrons. The van der Waals surface area contributed by atoms with Gasteiger partial charge in [0.1, 0.15) is 0 Å². The number of hydrogen-bond donors (Lipinski definition) is 1. The SMILES string of the molecule is Cc1ncsc1CNCc1cnnn1C. The van der Waals surface area contributed by atoms with Crippen molar-refractivity contribution < 1.29 is 0 Å². The number of thiazole rings is 1. The van der Waals surface area contributed by atoms with Crippen LogP contribution >= 0.6 is 11.3 Å². The first-order valence-electron chi connectivity index (χ1n) is 4.70. The third kappa shape index (κ3) is 2.40. The summed E-state index contributed by atoms with van der Waals surface area (Å²) in [4.78, 5) is 5.48. The molecule has 15 heavy (non-hydrogen) atoms. The summed E-state index contributed by atoms with van der Waals surface area (Å²) in [5.74, 6) is 0. The van der Waals surface area contributed by atoms with Crippen molar-refractivity contribution >= 4 is 11.3 Å². The Labute approximate surface area is 92.2 Å². The van der Waals surface area contributed by atoms with Gasteiger partial charge in [0.25, 0.3) is 0 Å². The lowest BCUT2D eigenvalue weighted by Crippen LogP contribution is -2.15. The molecule has 0 aliphatic rings. The van der Waals surface area contributed by atoms with Gasteiger partial charge in [-0.05, 0) is 6.92 Å². The van der Waals surface area contributed by atoms with Crippen LogP contribution in [0.2, 0.25) is 0 Å². The van der Waals surface area contributed by atoms with Gasteiger partial charge in [-0.2, -0.15) is 0 Å². The Hall–Kier alpha value is -1.27. The van der Waals surface area contributed by atoms with Crippen LogP contribution in [-0.4, -0.2) is 20.0 Å². The Bertz CT molecular complexity index is 393. The summed E-state index contributed by atoms with van der Waals surface area (Å²) in [6.45, 7) is 3.65. The average molecular weight is 223 g/mol. The molecule has 0 aliphatic carbocycles. The zero-order chi connectivity index (χ0) is 10.7. The van der Waals surface area contributed by atoms with Gasteiger partial charge in [-0.1, -0.05) is 5.21 Å². The molecule has 0 aromatic carbocycles. The Morgan fingerprint density at radius 3 is 2.93 bits per heavy atom. The lowest BCUT2D eigenvalue weighted by Gasteiger charge is -2.02. The van der Waals surface area contributed by atoms with E-state index in [1.807, 2.05) is 19.5 Å². The quantitative estimate of drug-likeness (QED) is 0.835. The third-order valence-electron chi connectivity index (χ3n) is 2.24. The highest BCUT2D eigenvalue weighted by molar-refractivity contribution is 7.09. The molecule has 0 aliphatic heterocycles. The Morgan fingerprint density at radius 2 is 2.33 bits per heavy atom. The van der Waals surface area contributed by atoms with Crippen LogP contribution in [0.25, 0.3) is 0 Å². The first-order valence-corrected chi connectivity index (χ1v) is 5.58. The average Bonchev–Trinajstić information content (AvgIpc) is 2.78. The molecule has 0 bridgehead atoms. The summed E-state index contributed by atoms with van der Waals surface area (Å²) < 4.78 is 1.77. The van der Waals surface area contributed by atoms with E-state index in [4.69, 9.17) is 0 Å². The molecule has 2 heterocycles. The smallest absolute Gasteiger partial charge is 0.0798 e. The van der Waals surface area contributed by atoms with Crippen LogP contribution < -0.4 is 5.32 Å². The number of aryl methyl sites for hydroxylation is 2. The van der Waals surface area contributed by atoms with E-state index >= 15 is 0 Å². The van der Waals surface area contributed by atoms with Gasteiger partial charge in [-0.3, -0.25) is 4.68 Å². The maximum absolute atomic E-state index is 4.20. The summed E-state index contributed by atoms with van der Waals surface area (Å²) in [7, 11) is 1.89. The normalized spacial score (nSPS) is 10.8. The summed E-state index contributed by atoms with van der Waals surface area (Å²) >= 11 is 1.68. The molecular weight excluding hydrogens is 210 g/mol. The number of nitrogens with zero attached hydrogens (tertiary/aromatic N) is 4. The van der Waals surface area contributed by atoms with E-state index in [9.17, 15) is 0 Å². The van der Waals surface area contributed by atoms with Crippen LogP contribution in [-0.2, 0) is 20.1 Å². The van der Waals surface area contributed by atoms with E-state index in [2.05, 4.69) is 20.6 Å².